The summed E-state index contributed by atoms with van der Waals surface area (Å²) in [6.45, 7) is 0.138. The van der Waals surface area contributed by atoms with Gasteiger partial charge in [0.15, 0.2) is 0 Å². The van der Waals surface area contributed by atoms with E-state index in [1.807, 2.05) is 12.1 Å². The molecule has 0 aliphatic rings. The topological polar surface area (TPSA) is 95.1 Å². The Hall–Kier alpha value is -2.25. The van der Waals surface area contributed by atoms with Gasteiger partial charge in [-0.2, -0.15) is 5.10 Å². The van der Waals surface area contributed by atoms with E-state index in [2.05, 4.69) is 15.4 Å². The molecular formula is C12H15N5O2. The molecule has 0 saturated carbocycles. The molecule has 100 valence electrons. The summed E-state index contributed by atoms with van der Waals surface area (Å²) in [7, 11) is 1.45. The van der Waals surface area contributed by atoms with Crippen LogP contribution in [0.1, 0.15) is 0 Å². The van der Waals surface area contributed by atoms with E-state index in [0.29, 0.717) is 5.69 Å². The summed E-state index contributed by atoms with van der Waals surface area (Å²) in [5.41, 5.74) is 6.95. The lowest BCUT2D eigenvalue weighted by atomic mass is 10.2. The molecule has 0 bridgehead atoms. The highest BCUT2D eigenvalue weighted by molar-refractivity contribution is 5.94. The Morgan fingerprint density at radius 3 is 2.74 bits per heavy atom. The number of hydrogen-bond acceptors (Lipinski definition) is 5. The summed E-state index contributed by atoms with van der Waals surface area (Å²) in [6, 6.07) is 7.21. The van der Waals surface area contributed by atoms with Gasteiger partial charge in [-0.15, -0.1) is 0 Å². The van der Waals surface area contributed by atoms with Crippen LogP contribution in [0.25, 0.3) is 5.69 Å². The van der Waals surface area contributed by atoms with Gasteiger partial charge in [0.2, 0.25) is 0 Å². The van der Waals surface area contributed by atoms with Crippen molar-refractivity contribution in [2.45, 2.75) is 6.10 Å². The minimum Gasteiger partial charge on any atom is -0.370 e. The van der Waals surface area contributed by atoms with Crippen LogP contribution in [-0.2, 0) is 9.53 Å². The van der Waals surface area contributed by atoms with E-state index < -0.39 is 6.10 Å². The minimum absolute atomic E-state index is 0.138. The van der Waals surface area contributed by atoms with Crippen LogP contribution >= 0.6 is 0 Å². The Kier molecular flexibility index (Phi) is 4.22. The molecule has 1 aromatic carbocycles. The van der Waals surface area contributed by atoms with Crippen molar-refractivity contribution in [2.75, 3.05) is 19.0 Å². The molecule has 19 heavy (non-hydrogen) atoms. The molecule has 7 heteroatoms. The molecule has 1 heterocycles. The van der Waals surface area contributed by atoms with Gasteiger partial charge in [-0.05, 0) is 24.3 Å². The molecule has 2 aromatic rings. The first kappa shape index (κ1) is 13.2. The number of hydrogen-bond donors (Lipinski definition) is 2. The van der Waals surface area contributed by atoms with Crippen LogP contribution in [0.2, 0.25) is 0 Å². The maximum Gasteiger partial charge on any atom is 0.254 e. The number of nitrogens with one attached hydrogen (secondary N) is 1. The van der Waals surface area contributed by atoms with E-state index >= 15 is 0 Å². The number of amides is 1. The highest BCUT2D eigenvalue weighted by atomic mass is 16.5. The highest BCUT2D eigenvalue weighted by Crippen LogP contribution is 2.12. The maximum atomic E-state index is 11.7. The minimum atomic E-state index is -0.644. The maximum absolute atomic E-state index is 11.7. The van der Waals surface area contributed by atoms with Gasteiger partial charge < -0.3 is 15.8 Å². The van der Waals surface area contributed by atoms with Crippen LogP contribution < -0.4 is 11.1 Å². The lowest BCUT2D eigenvalue weighted by molar-refractivity contribution is -0.125. The summed E-state index contributed by atoms with van der Waals surface area (Å²) >= 11 is 0. The summed E-state index contributed by atoms with van der Waals surface area (Å²) in [5.74, 6) is -0.265. The Morgan fingerprint density at radius 1 is 1.47 bits per heavy atom. The summed E-state index contributed by atoms with van der Waals surface area (Å²) in [4.78, 5) is 15.6. The molecule has 0 aliphatic heterocycles. The lowest BCUT2D eigenvalue weighted by Gasteiger charge is -2.13. The molecule has 0 radical (unpaired) electrons. The normalized spacial score (nSPS) is 12.1. The molecule has 7 nitrogen and oxygen atoms in total. The summed E-state index contributed by atoms with van der Waals surface area (Å²) in [5, 5.41) is 6.74. The monoisotopic (exact) mass is 261 g/mol. The number of rotatable bonds is 5. The molecule has 2 rings (SSSR count). The molecule has 0 saturated heterocycles. The van der Waals surface area contributed by atoms with Crippen LogP contribution in [0.15, 0.2) is 36.9 Å². The third-order valence-electron chi connectivity index (χ3n) is 2.61. The van der Waals surface area contributed by atoms with Gasteiger partial charge in [0.1, 0.15) is 18.8 Å². The quantitative estimate of drug-likeness (QED) is 0.800. The number of ether oxygens (including phenoxy) is 1. The van der Waals surface area contributed by atoms with Gasteiger partial charge in [-0.1, -0.05) is 0 Å². The van der Waals surface area contributed by atoms with Crippen molar-refractivity contribution in [3.63, 3.8) is 0 Å². The van der Waals surface area contributed by atoms with E-state index in [1.54, 1.807) is 23.1 Å². The fourth-order valence-corrected chi connectivity index (χ4v) is 1.57. The van der Waals surface area contributed by atoms with Crippen molar-refractivity contribution in [1.29, 1.82) is 0 Å². The van der Waals surface area contributed by atoms with Crippen LogP contribution in [0, 0.1) is 0 Å². The van der Waals surface area contributed by atoms with E-state index in [0.717, 1.165) is 5.69 Å². The van der Waals surface area contributed by atoms with Gasteiger partial charge >= 0.3 is 0 Å². The lowest BCUT2D eigenvalue weighted by Crippen LogP contribution is -2.35. The zero-order chi connectivity index (χ0) is 13.7. The number of carbonyl (C=O) groups excluding carboxylic acids is 1. The number of aromatic nitrogens is 3. The van der Waals surface area contributed by atoms with Gasteiger partial charge in [-0.25, -0.2) is 9.67 Å². The first-order chi connectivity index (χ1) is 9.24. The van der Waals surface area contributed by atoms with Gasteiger partial charge in [0, 0.05) is 19.3 Å². The molecule has 1 aromatic heterocycles. The predicted molar refractivity (Wildman–Crippen MR) is 69.8 cm³/mol. The second-order valence-corrected chi connectivity index (χ2v) is 3.84. The average molecular weight is 261 g/mol. The van der Waals surface area contributed by atoms with Crippen molar-refractivity contribution >= 4 is 11.6 Å². The third kappa shape index (κ3) is 3.15. The smallest absolute Gasteiger partial charge is 0.254 e. The number of nitrogens with two attached hydrogens (primary N) is 1. The van der Waals surface area contributed by atoms with Crippen LogP contribution in [0.4, 0.5) is 5.69 Å². The number of anilines is 1. The van der Waals surface area contributed by atoms with E-state index in [1.165, 1.54) is 13.4 Å². The van der Waals surface area contributed by atoms with Crippen molar-refractivity contribution in [3.05, 3.63) is 36.9 Å². The zero-order valence-electron chi connectivity index (χ0n) is 10.5. The first-order valence-corrected chi connectivity index (χ1v) is 5.73. The highest BCUT2D eigenvalue weighted by Gasteiger charge is 2.15. The van der Waals surface area contributed by atoms with E-state index in [-0.39, 0.29) is 12.5 Å². The van der Waals surface area contributed by atoms with Crippen molar-refractivity contribution in [3.8, 4) is 5.69 Å². The molecule has 3 N–H and O–H groups in total. The van der Waals surface area contributed by atoms with Gasteiger partial charge in [0.25, 0.3) is 5.91 Å². The Balaban J connectivity index is 2.05. The van der Waals surface area contributed by atoms with E-state index in [4.69, 9.17) is 10.5 Å². The van der Waals surface area contributed by atoms with Crippen LogP contribution in [0.3, 0.4) is 0 Å². The molecule has 0 fully saturated rings. The number of benzene rings is 1. The van der Waals surface area contributed by atoms with Crippen molar-refractivity contribution in [2.24, 2.45) is 5.73 Å². The van der Waals surface area contributed by atoms with Crippen molar-refractivity contribution < 1.29 is 9.53 Å². The summed E-state index contributed by atoms with van der Waals surface area (Å²) in [6.07, 6.45) is 2.42. The number of carbonyl (C=O) groups is 1. The second kappa shape index (κ2) is 6.07. The molecule has 1 atom stereocenters. The third-order valence-corrected chi connectivity index (χ3v) is 2.61. The largest absolute Gasteiger partial charge is 0.370 e. The molecule has 0 aliphatic carbocycles. The Morgan fingerprint density at radius 2 is 2.21 bits per heavy atom. The van der Waals surface area contributed by atoms with Gasteiger partial charge in [0.05, 0.1) is 5.69 Å². The molecular weight excluding hydrogens is 246 g/mol. The molecule has 1 unspecified atom stereocenters. The molecule has 1 amide bonds. The van der Waals surface area contributed by atoms with Crippen molar-refractivity contribution in [1.82, 2.24) is 14.8 Å². The predicted octanol–water partition coefficient (Wildman–Crippen LogP) is 0.179. The average Bonchev–Trinajstić information content (AvgIpc) is 2.95. The zero-order valence-corrected chi connectivity index (χ0v) is 10.5. The van der Waals surface area contributed by atoms with Crippen LogP contribution in [0.5, 0.6) is 0 Å². The first-order valence-electron chi connectivity index (χ1n) is 5.73. The standard InChI is InChI=1S/C12H15N5O2/c1-19-11(6-13)12(18)16-9-2-4-10(5-3-9)17-8-14-7-15-17/h2-5,7-8,11H,6,13H2,1H3,(H,16,18). The second-order valence-electron chi connectivity index (χ2n) is 3.84. The fraction of sp³-hybridized carbons (Fsp3) is 0.250. The SMILES string of the molecule is COC(CN)C(=O)Nc1ccc(-n2cncn2)cc1. The molecule has 0 spiro atoms. The Labute approximate surface area is 110 Å². The number of nitrogens with zero attached hydrogens (tertiary/aromatic N) is 3. The summed E-state index contributed by atoms with van der Waals surface area (Å²) < 4.78 is 6.59. The van der Waals surface area contributed by atoms with Gasteiger partial charge in [-0.3, -0.25) is 4.79 Å². The fourth-order valence-electron chi connectivity index (χ4n) is 1.57. The number of methoxy groups -OCH3 is 1. The Bertz CT molecular complexity index is 520. The van der Waals surface area contributed by atoms with Crippen LogP contribution in [-0.4, -0.2) is 40.4 Å². The van der Waals surface area contributed by atoms with E-state index in [9.17, 15) is 4.79 Å².